The smallest absolute Gasteiger partial charge is 0.415 e. The molecule has 5 atom stereocenters. The third-order valence-electron chi connectivity index (χ3n) is 10.2. The monoisotopic (exact) mass is 755 g/mol. The first kappa shape index (κ1) is 44.2. The Labute approximate surface area is 320 Å². The van der Waals surface area contributed by atoms with Gasteiger partial charge in [-0.05, 0) is 73.3 Å². The number of hydrogen-bond acceptors (Lipinski definition) is 11. The van der Waals surface area contributed by atoms with Gasteiger partial charge in [0.15, 0.2) is 11.5 Å². The predicted octanol–water partition coefficient (Wildman–Crippen LogP) is 6.60. The molecule has 0 saturated carbocycles. The van der Waals surface area contributed by atoms with E-state index in [1.54, 1.807) is 40.2 Å². The molecule has 13 nitrogen and oxygen atoms in total. The lowest BCUT2D eigenvalue weighted by Crippen LogP contribution is -2.44. The van der Waals surface area contributed by atoms with Gasteiger partial charge in [0, 0.05) is 51.0 Å². The Bertz CT molecular complexity index is 1520. The number of methoxy groups -OCH3 is 2. The van der Waals surface area contributed by atoms with Crippen LogP contribution in [0.5, 0.6) is 11.5 Å². The summed E-state index contributed by atoms with van der Waals surface area (Å²) in [4.78, 5) is 57.6. The quantitative estimate of drug-likeness (QED) is 0.0782. The molecule has 1 aliphatic rings. The second-order valence-electron chi connectivity index (χ2n) is 15.4. The molecule has 2 amide bonds. The van der Waals surface area contributed by atoms with E-state index in [0.29, 0.717) is 50.4 Å². The van der Waals surface area contributed by atoms with E-state index in [0.717, 1.165) is 12.0 Å². The van der Waals surface area contributed by atoms with Gasteiger partial charge < -0.3 is 34.2 Å². The van der Waals surface area contributed by atoms with Crippen LogP contribution in [0.3, 0.4) is 0 Å². The number of rotatable bonds is 22. The minimum absolute atomic E-state index is 0.0204. The molecule has 3 rings (SSSR count). The van der Waals surface area contributed by atoms with Crippen molar-refractivity contribution in [3.05, 3.63) is 53.9 Å². The molecule has 13 heteroatoms. The Morgan fingerprint density at radius 1 is 0.963 bits per heavy atom. The van der Waals surface area contributed by atoms with Crippen LogP contribution in [0, 0.1) is 29.1 Å². The standard InChI is InChI=1S/C41H61N3O10/c1-26(2)30(21-29-14-15-35(50-9)37(22-29)51-20-12-19-49-8)23-33-36(24-31(27(3)4)34(45)16-17-41(6,7)39(42)47)52-25-44(33)40(48)54-28(5)53-38(46)32-13-10-11-18-43-32/h10-11,13-15,18,22,26-28,30-31,33,36H,12,16-17,19-21,23-25H2,1-9H3,(H2,42,47)/t28?,30-,31-,33-,36-/m0/s1. The molecule has 0 bridgehead atoms. The molecule has 2 N–H and O–H groups in total. The van der Waals surface area contributed by atoms with E-state index in [1.165, 1.54) is 24.1 Å². The molecule has 0 radical (unpaired) electrons. The van der Waals surface area contributed by atoms with Crippen LogP contribution < -0.4 is 15.2 Å². The molecule has 1 aromatic heterocycles. The number of ketones is 1. The number of primary amides is 1. The number of nitrogens with zero attached hydrogens (tertiary/aromatic N) is 2. The first-order valence-corrected chi connectivity index (χ1v) is 18.9. The molecule has 54 heavy (non-hydrogen) atoms. The number of Topliss-reactive ketones (excluding diaryl/α,β-unsaturated/α-hetero) is 1. The molecule has 300 valence electrons. The maximum absolute atomic E-state index is 13.8. The summed E-state index contributed by atoms with van der Waals surface area (Å²) in [7, 11) is 3.26. The van der Waals surface area contributed by atoms with E-state index < -0.39 is 41.8 Å². The summed E-state index contributed by atoms with van der Waals surface area (Å²) < 4.78 is 34.1. The van der Waals surface area contributed by atoms with E-state index in [-0.39, 0.29) is 48.3 Å². The van der Waals surface area contributed by atoms with E-state index in [9.17, 15) is 19.2 Å². The highest BCUT2D eigenvalue weighted by Crippen LogP contribution is 2.36. The fraction of sp³-hybridized carbons (Fsp3) is 0.634. The van der Waals surface area contributed by atoms with Crippen LogP contribution >= 0.6 is 0 Å². The average Bonchev–Trinajstić information content (AvgIpc) is 3.53. The van der Waals surface area contributed by atoms with Gasteiger partial charge in [-0.15, -0.1) is 0 Å². The van der Waals surface area contributed by atoms with Crippen LogP contribution in [0.1, 0.15) is 96.6 Å². The minimum Gasteiger partial charge on any atom is -0.493 e. The van der Waals surface area contributed by atoms with Crippen LogP contribution in [-0.2, 0) is 35.0 Å². The minimum atomic E-state index is -1.20. The van der Waals surface area contributed by atoms with Crippen LogP contribution in [0.4, 0.5) is 4.79 Å². The first-order chi connectivity index (χ1) is 25.6. The molecular weight excluding hydrogens is 694 g/mol. The van der Waals surface area contributed by atoms with Crippen LogP contribution in [0.25, 0.3) is 0 Å². The number of amides is 2. The number of benzene rings is 1. The Kier molecular flexibility index (Phi) is 17.2. The Morgan fingerprint density at radius 3 is 2.31 bits per heavy atom. The maximum Gasteiger partial charge on any atom is 0.415 e. The number of nitrogens with two attached hydrogens (primary N) is 1. The lowest BCUT2D eigenvalue weighted by molar-refractivity contribution is -0.129. The Morgan fingerprint density at radius 2 is 1.70 bits per heavy atom. The van der Waals surface area contributed by atoms with Gasteiger partial charge in [-0.2, -0.15) is 0 Å². The lowest BCUT2D eigenvalue weighted by Gasteiger charge is -2.33. The van der Waals surface area contributed by atoms with Crippen molar-refractivity contribution in [2.75, 3.05) is 34.2 Å². The van der Waals surface area contributed by atoms with Gasteiger partial charge in [0.25, 0.3) is 0 Å². The number of esters is 1. The number of ether oxygens (including phenoxy) is 6. The van der Waals surface area contributed by atoms with Crippen LogP contribution in [0.15, 0.2) is 42.6 Å². The van der Waals surface area contributed by atoms with E-state index in [4.69, 9.17) is 34.2 Å². The highest BCUT2D eigenvalue weighted by Gasteiger charge is 2.43. The largest absolute Gasteiger partial charge is 0.493 e. The highest BCUT2D eigenvalue weighted by molar-refractivity contribution is 5.87. The van der Waals surface area contributed by atoms with E-state index in [1.807, 2.05) is 32.0 Å². The fourth-order valence-electron chi connectivity index (χ4n) is 6.52. The topological polar surface area (TPSA) is 166 Å². The molecule has 1 fully saturated rings. The first-order valence-electron chi connectivity index (χ1n) is 18.9. The maximum atomic E-state index is 13.8. The third kappa shape index (κ3) is 13.0. The molecular formula is C41H61N3O10. The summed E-state index contributed by atoms with van der Waals surface area (Å²) >= 11 is 0. The highest BCUT2D eigenvalue weighted by atomic mass is 16.7. The van der Waals surface area contributed by atoms with Gasteiger partial charge in [0.1, 0.15) is 18.2 Å². The zero-order valence-electron chi connectivity index (χ0n) is 33.5. The van der Waals surface area contributed by atoms with Gasteiger partial charge in [-0.25, -0.2) is 14.6 Å². The fourth-order valence-corrected chi connectivity index (χ4v) is 6.52. The number of pyridine rings is 1. The lowest BCUT2D eigenvalue weighted by atomic mass is 9.78. The number of carbonyl (C=O) groups is 4. The van der Waals surface area contributed by atoms with Gasteiger partial charge >= 0.3 is 12.1 Å². The summed E-state index contributed by atoms with van der Waals surface area (Å²) in [5.41, 5.74) is 5.91. The number of aromatic nitrogens is 1. The third-order valence-corrected chi connectivity index (χ3v) is 10.2. The zero-order valence-corrected chi connectivity index (χ0v) is 33.5. The van der Waals surface area contributed by atoms with Gasteiger partial charge in [0.2, 0.25) is 12.2 Å². The van der Waals surface area contributed by atoms with Crippen molar-refractivity contribution < 1.29 is 47.6 Å². The van der Waals surface area contributed by atoms with Gasteiger partial charge in [0.05, 0.1) is 25.9 Å². The van der Waals surface area contributed by atoms with E-state index >= 15 is 0 Å². The van der Waals surface area contributed by atoms with Crippen molar-refractivity contribution in [1.29, 1.82) is 0 Å². The van der Waals surface area contributed by atoms with Crippen molar-refractivity contribution in [3.8, 4) is 11.5 Å². The Balaban J connectivity index is 1.87. The summed E-state index contributed by atoms with van der Waals surface area (Å²) in [6.07, 6.45) is 1.95. The summed E-state index contributed by atoms with van der Waals surface area (Å²) in [6, 6.07) is 10.3. The Hall–Kier alpha value is -4.23. The molecule has 0 spiro atoms. The average molecular weight is 756 g/mol. The molecule has 2 heterocycles. The summed E-state index contributed by atoms with van der Waals surface area (Å²) in [5, 5.41) is 0. The summed E-state index contributed by atoms with van der Waals surface area (Å²) in [5.74, 6) is 0.00937. The van der Waals surface area contributed by atoms with Crippen molar-refractivity contribution in [1.82, 2.24) is 9.88 Å². The second-order valence-corrected chi connectivity index (χ2v) is 15.4. The van der Waals surface area contributed by atoms with Gasteiger partial charge in [-0.3, -0.25) is 14.5 Å². The molecule has 2 aromatic rings. The van der Waals surface area contributed by atoms with Crippen LogP contribution in [-0.4, -0.2) is 86.2 Å². The molecule has 1 aliphatic heterocycles. The zero-order chi connectivity index (χ0) is 40.0. The van der Waals surface area contributed by atoms with Crippen LogP contribution in [0.2, 0.25) is 0 Å². The second kappa shape index (κ2) is 21.0. The normalized spacial score (nSPS) is 17.6. The number of carbonyl (C=O) groups excluding carboxylic acids is 4. The van der Waals surface area contributed by atoms with Crippen molar-refractivity contribution >= 4 is 23.8 Å². The SMILES string of the molecule is COCCCOc1cc(C[C@@H](C[C@H]2[C@H](C[C@H](C(=O)CCC(C)(C)C(N)=O)C(C)C)OCN2C(=O)OC(C)OC(=O)c2ccccn2)C(C)C)ccc1OC. The predicted molar refractivity (Wildman–Crippen MR) is 203 cm³/mol. The van der Waals surface area contributed by atoms with Crippen molar-refractivity contribution in [2.45, 2.75) is 105 Å². The molecule has 1 aromatic carbocycles. The number of hydrogen-bond donors (Lipinski definition) is 1. The summed E-state index contributed by atoms with van der Waals surface area (Å²) in [6.45, 7) is 14.2. The molecule has 1 unspecified atom stereocenters. The molecule has 1 saturated heterocycles. The van der Waals surface area contributed by atoms with Crippen molar-refractivity contribution in [2.24, 2.45) is 34.8 Å². The van der Waals surface area contributed by atoms with Gasteiger partial charge in [-0.1, -0.05) is 53.7 Å². The van der Waals surface area contributed by atoms with Crippen molar-refractivity contribution in [3.63, 3.8) is 0 Å². The molecule has 0 aliphatic carbocycles. The van der Waals surface area contributed by atoms with E-state index in [2.05, 4.69) is 18.8 Å².